The van der Waals surface area contributed by atoms with Gasteiger partial charge in [0, 0.05) is 6.42 Å². The Balaban J connectivity index is 1.71. The number of carbonyl (C=O) groups is 1. The van der Waals surface area contributed by atoms with E-state index in [2.05, 4.69) is 19.1 Å². The Hall–Kier alpha value is -1.83. The van der Waals surface area contributed by atoms with Gasteiger partial charge in [-0.15, -0.1) is 0 Å². The highest BCUT2D eigenvalue weighted by Gasteiger charge is 2.01. The van der Waals surface area contributed by atoms with Gasteiger partial charge in [-0.3, -0.25) is 4.79 Å². The summed E-state index contributed by atoms with van der Waals surface area (Å²) in [6.45, 7) is 12.9. The maximum Gasteiger partial charge on any atom is 0.305 e. The van der Waals surface area contributed by atoms with E-state index in [1.807, 2.05) is 19.1 Å². The van der Waals surface area contributed by atoms with Gasteiger partial charge in [-0.25, -0.2) is 0 Å². The Bertz CT molecular complexity index is 779. The summed E-state index contributed by atoms with van der Waals surface area (Å²) >= 11 is 0. The van der Waals surface area contributed by atoms with Crippen LogP contribution >= 0.6 is 0 Å². The van der Waals surface area contributed by atoms with Crippen LogP contribution in [0.15, 0.2) is 24.3 Å². The minimum atomic E-state index is -0.185. The summed E-state index contributed by atoms with van der Waals surface area (Å²) < 4.78 is 54.6. The van der Waals surface area contributed by atoms with Crippen LogP contribution in [0, 0.1) is 0 Å². The average Bonchev–Trinajstić information content (AvgIpc) is 3.08. The third-order valence-corrected chi connectivity index (χ3v) is 6.79. The first-order valence-corrected chi connectivity index (χ1v) is 17.8. The Labute approximate surface area is 284 Å². The molecule has 1 rings (SSSR count). The molecule has 11 nitrogen and oxygen atoms in total. The van der Waals surface area contributed by atoms with E-state index in [-0.39, 0.29) is 12.6 Å². The number of unbranched alkanes of at least 4 members (excludes halogenated alkanes) is 5. The summed E-state index contributed by atoms with van der Waals surface area (Å²) in [5.41, 5.74) is 1.38. The SMILES string of the molecule is CCCCCCCCc1ccc(OCCOCCOCCOCCOCCOCCOCCOCCOCCOC(=O)CCC)cc1. The van der Waals surface area contributed by atoms with Crippen LogP contribution in [0.4, 0.5) is 0 Å². The van der Waals surface area contributed by atoms with E-state index in [9.17, 15) is 4.79 Å². The van der Waals surface area contributed by atoms with Gasteiger partial charge in [-0.1, -0.05) is 58.1 Å². The lowest BCUT2D eigenvalue weighted by atomic mass is 10.0. The molecule has 0 heterocycles. The van der Waals surface area contributed by atoms with E-state index in [4.69, 9.17) is 47.4 Å². The fraction of sp³-hybridized carbons (Fsp3) is 0.806. The van der Waals surface area contributed by atoms with Gasteiger partial charge in [0.2, 0.25) is 0 Å². The molecule has 11 heteroatoms. The second kappa shape index (κ2) is 35.5. The summed E-state index contributed by atoms with van der Waals surface area (Å²) in [5, 5.41) is 0. The minimum absolute atomic E-state index is 0.185. The highest BCUT2D eigenvalue weighted by atomic mass is 16.6. The first-order valence-electron chi connectivity index (χ1n) is 17.8. The molecular weight excluding hydrogens is 608 g/mol. The maximum absolute atomic E-state index is 11.2. The molecule has 0 aromatic heterocycles. The van der Waals surface area contributed by atoms with E-state index >= 15 is 0 Å². The van der Waals surface area contributed by atoms with E-state index < -0.39 is 0 Å². The average molecular weight is 673 g/mol. The molecule has 0 saturated carbocycles. The number of rotatable bonds is 37. The molecule has 274 valence electrons. The molecule has 0 spiro atoms. The predicted octanol–water partition coefficient (Wildman–Crippen LogP) is 5.44. The van der Waals surface area contributed by atoms with Gasteiger partial charge < -0.3 is 47.4 Å². The van der Waals surface area contributed by atoms with Crippen LogP contribution in [0.2, 0.25) is 0 Å². The molecular formula is C36H64O11. The molecule has 0 aliphatic rings. The first-order chi connectivity index (χ1) is 23.3. The number of aryl methyl sites for hydroxylation is 1. The first kappa shape index (κ1) is 43.2. The van der Waals surface area contributed by atoms with Crippen molar-refractivity contribution >= 4 is 5.97 Å². The molecule has 0 saturated heterocycles. The lowest BCUT2D eigenvalue weighted by Gasteiger charge is -2.09. The minimum Gasteiger partial charge on any atom is -0.491 e. The van der Waals surface area contributed by atoms with Gasteiger partial charge in [0.1, 0.15) is 19.0 Å². The lowest BCUT2D eigenvalue weighted by Crippen LogP contribution is -2.15. The zero-order valence-electron chi connectivity index (χ0n) is 29.4. The largest absolute Gasteiger partial charge is 0.491 e. The molecule has 0 fully saturated rings. The van der Waals surface area contributed by atoms with Crippen molar-refractivity contribution in [3.63, 3.8) is 0 Å². The molecule has 1 aromatic rings. The van der Waals surface area contributed by atoms with Crippen LogP contribution in [-0.4, -0.2) is 125 Å². The number of ether oxygens (including phenoxy) is 10. The van der Waals surface area contributed by atoms with E-state index in [1.54, 1.807) is 0 Å². The van der Waals surface area contributed by atoms with Crippen molar-refractivity contribution in [1.29, 1.82) is 0 Å². The zero-order valence-corrected chi connectivity index (χ0v) is 29.4. The lowest BCUT2D eigenvalue weighted by molar-refractivity contribution is -0.145. The Kier molecular flexibility index (Phi) is 32.6. The van der Waals surface area contributed by atoms with Crippen LogP contribution < -0.4 is 4.74 Å². The zero-order chi connectivity index (χ0) is 33.7. The number of hydrogen-bond donors (Lipinski definition) is 0. The van der Waals surface area contributed by atoms with Gasteiger partial charge in [0.15, 0.2) is 0 Å². The van der Waals surface area contributed by atoms with Crippen LogP contribution in [0.3, 0.4) is 0 Å². The predicted molar refractivity (Wildman–Crippen MR) is 181 cm³/mol. The van der Waals surface area contributed by atoms with Crippen molar-refractivity contribution in [2.75, 3.05) is 119 Å². The fourth-order valence-electron chi connectivity index (χ4n) is 4.21. The van der Waals surface area contributed by atoms with Gasteiger partial charge in [0.25, 0.3) is 0 Å². The fourth-order valence-corrected chi connectivity index (χ4v) is 4.21. The monoisotopic (exact) mass is 672 g/mol. The normalized spacial score (nSPS) is 11.3. The van der Waals surface area contributed by atoms with Crippen molar-refractivity contribution < 1.29 is 52.2 Å². The van der Waals surface area contributed by atoms with Crippen molar-refractivity contribution in [2.45, 2.75) is 71.6 Å². The number of carbonyl (C=O) groups excluding carboxylic acids is 1. The molecule has 0 unspecified atom stereocenters. The highest BCUT2D eigenvalue weighted by Crippen LogP contribution is 2.15. The molecule has 0 radical (unpaired) electrons. The van der Waals surface area contributed by atoms with Crippen molar-refractivity contribution in [3.05, 3.63) is 29.8 Å². The summed E-state index contributed by atoms with van der Waals surface area (Å²) in [7, 11) is 0. The molecule has 0 aliphatic carbocycles. The van der Waals surface area contributed by atoms with Crippen LogP contribution in [0.1, 0.15) is 70.8 Å². The Morgan fingerprint density at radius 1 is 0.447 bits per heavy atom. The summed E-state index contributed by atoms with van der Waals surface area (Å²) in [5.74, 6) is 0.698. The smallest absolute Gasteiger partial charge is 0.305 e. The van der Waals surface area contributed by atoms with Crippen LogP contribution in [-0.2, 0) is 53.8 Å². The Morgan fingerprint density at radius 2 is 0.830 bits per heavy atom. The standard InChI is InChI=1S/C36H64O11/c1-3-5-6-7-8-9-11-34-12-14-35(15-13-34)46-32-30-44-28-26-42-24-22-40-20-18-38-16-17-39-19-21-41-23-25-43-27-29-45-31-33-47-36(37)10-4-2/h12-15H,3-11,16-33H2,1-2H3. The van der Waals surface area contributed by atoms with Gasteiger partial charge in [-0.05, 0) is 37.0 Å². The Morgan fingerprint density at radius 3 is 1.26 bits per heavy atom. The summed E-state index contributed by atoms with van der Waals surface area (Å²) in [4.78, 5) is 11.2. The highest BCUT2D eigenvalue weighted by molar-refractivity contribution is 5.69. The third kappa shape index (κ3) is 31.2. The van der Waals surface area contributed by atoms with Crippen LogP contribution in [0.25, 0.3) is 0 Å². The summed E-state index contributed by atoms with van der Waals surface area (Å²) in [6.07, 6.45) is 10.3. The number of benzene rings is 1. The molecule has 0 atom stereocenters. The summed E-state index contributed by atoms with van der Waals surface area (Å²) in [6, 6.07) is 8.43. The van der Waals surface area contributed by atoms with Gasteiger partial charge in [0.05, 0.1) is 106 Å². The second-order valence-corrected chi connectivity index (χ2v) is 10.9. The second-order valence-electron chi connectivity index (χ2n) is 10.9. The van der Waals surface area contributed by atoms with Crippen molar-refractivity contribution in [1.82, 2.24) is 0 Å². The maximum atomic E-state index is 11.2. The quantitative estimate of drug-likeness (QED) is 0.0666. The number of hydrogen-bond acceptors (Lipinski definition) is 11. The third-order valence-electron chi connectivity index (χ3n) is 6.79. The van der Waals surface area contributed by atoms with Crippen molar-refractivity contribution in [3.8, 4) is 5.75 Å². The van der Waals surface area contributed by atoms with E-state index in [0.29, 0.717) is 119 Å². The van der Waals surface area contributed by atoms with E-state index in [0.717, 1.165) is 18.6 Å². The van der Waals surface area contributed by atoms with Gasteiger partial charge >= 0.3 is 5.97 Å². The molecule has 0 amide bonds. The molecule has 47 heavy (non-hydrogen) atoms. The topological polar surface area (TPSA) is 109 Å². The van der Waals surface area contributed by atoms with Gasteiger partial charge in [-0.2, -0.15) is 0 Å². The van der Waals surface area contributed by atoms with Crippen molar-refractivity contribution in [2.24, 2.45) is 0 Å². The molecule has 1 aromatic carbocycles. The number of esters is 1. The van der Waals surface area contributed by atoms with Crippen LogP contribution in [0.5, 0.6) is 5.75 Å². The van der Waals surface area contributed by atoms with E-state index in [1.165, 1.54) is 44.1 Å². The molecule has 0 N–H and O–H groups in total. The molecule has 0 aliphatic heterocycles. The molecule has 0 bridgehead atoms.